The molecular weight excluding hydrogens is 286 g/mol. The van der Waals surface area contributed by atoms with Crippen molar-refractivity contribution in [1.82, 2.24) is 15.0 Å². The van der Waals surface area contributed by atoms with Crippen LogP contribution in [0.1, 0.15) is 16.5 Å². The molecule has 5 heteroatoms. The summed E-state index contributed by atoms with van der Waals surface area (Å²) in [5.41, 5.74) is 3.13. The third-order valence-electron chi connectivity index (χ3n) is 2.89. The SMILES string of the molecule is Cc1nc(Cc2nc(=S)cc(-c3ccccc3)[nH]2)cs1. The zero-order valence-corrected chi connectivity index (χ0v) is 12.6. The molecule has 3 nitrogen and oxygen atoms in total. The average Bonchev–Trinajstić information content (AvgIpc) is 2.84. The first-order valence-corrected chi connectivity index (χ1v) is 7.56. The Hall–Kier alpha value is -1.85. The zero-order valence-electron chi connectivity index (χ0n) is 11.0. The van der Waals surface area contributed by atoms with Crippen LogP contribution in [0.15, 0.2) is 41.8 Å². The first kappa shape index (κ1) is 13.1. The fourth-order valence-electron chi connectivity index (χ4n) is 2.03. The Labute approximate surface area is 126 Å². The van der Waals surface area contributed by atoms with E-state index in [4.69, 9.17) is 12.2 Å². The van der Waals surface area contributed by atoms with Crippen molar-refractivity contribution in [3.8, 4) is 11.3 Å². The van der Waals surface area contributed by atoms with Crippen LogP contribution in [0.2, 0.25) is 0 Å². The highest BCUT2D eigenvalue weighted by atomic mass is 32.1. The van der Waals surface area contributed by atoms with Gasteiger partial charge in [0.25, 0.3) is 0 Å². The molecule has 20 heavy (non-hydrogen) atoms. The van der Waals surface area contributed by atoms with Crippen LogP contribution in [0.5, 0.6) is 0 Å². The Morgan fingerprint density at radius 3 is 2.70 bits per heavy atom. The van der Waals surface area contributed by atoms with Crippen LogP contribution in [0.4, 0.5) is 0 Å². The van der Waals surface area contributed by atoms with Crippen LogP contribution in [0, 0.1) is 11.6 Å². The molecule has 0 bridgehead atoms. The van der Waals surface area contributed by atoms with Gasteiger partial charge in [0.15, 0.2) is 0 Å². The van der Waals surface area contributed by atoms with E-state index in [1.54, 1.807) is 11.3 Å². The highest BCUT2D eigenvalue weighted by Gasteiger charge is 2.05. The molecule has 0 spiro atoms. The monoisotopic (exact) mass is 299 g/mol. The molecule has 0 aliphatic rings. The molecule has 0 fully saturated rings. The molecule has 0 aliphatic heterocycles. The van der Waals surface area contributed by atoms with Crippen molar-refractivity contribution in [3.05, 3.63) is 62.9 Å². The molecule has 1 N–H and O–H groups in total. The van der Waals surface area contributed by atoms with Gasteiger partial charge in [-0.15, -0.1) is 11.3 Å². The van der Waals surface area contributed by atoms with E-state index >= 15 is 0 Å². The average molecular weight is 299 g/mol. The molecule has 100 valence electrons. The van der Waals surface area contributed by atoms with E-state index in [0.717, 1.165) is 27.8 Å². The number of H-pyrrole nitrogens is 1. The fourth-order valence-corrected chi connectivity index (χ4v) is 2.87. The Balaban J connectivity index is 1.97. The van der Waals surface area contributed by atoms with Gasteiger partial charge >= 0.3 is 0 Å². The second kappa shape index (κ2) is 5.64. The molecule has 0 radical (unpaired) electrons. The molecule has 2 heterocycles. The summed E-state index contributed by atoms with van der Waals surface area (Å²) in [7, 11) is 0. The number of benzene rings is 1. The number of hydrogen-bond donors (Lipinski definition) is 1. The maximum atomic E-state index is 5.26. The molecular formula is C15H13N3S2. The first-order chi connectivity index (χ1) is 9.70. The lowest BCUT2D eigenvalue weighted by Gasteiger charge is -2.05. The van der Waals surface area contributed by atoms with Crippen molar-refractivity contribution in [2.75, 3.05) is 0 Å². The number of thiazole rings is 1. The molecule has 2 aromatic heterocycles. The smallest absolute Gasteiger partial charge is 0.130 e. The molecule has 0 amide bonds. The summed E-state index contributed by atoms with van der Waals surface area (Å²) in [6, 6.07) is 12.0. The Bertz CT molecular complexity index is 775. The lowest BCUT2D eigenvalue weighted by molar-refractivity contribution is 0.937. The molecule has 3 aromatic rings. The van der Waals surface area contributed by atoms with Crippen molar-refractivity contribution in [1.29, 1.82) is 0 Å². The van der Waals surface area contributed by atoms with Crippen LogP contribution >= 0.6 is 23.6 Å². The summed E-state index contributed by atoms with van der Waals surface area (Å²) in [6.07, 6.45) is 0.675. The molecule has 0 saturated heterocycles. The lowest BCUT2D eigenvalue weighted by Crippen LogP contribution is -1.99. The van der Waals surface area contributed by atoms with Gasteiger partial charge in [-0.3, -0.25) is 0 Å². The summed E-state index contributed by atoms with van der Waals surface area (Å²) in [5.74, 6) is 0.849. The van der Waals surface area contributed by atoms with Gasteiger partial charge < -0.3 is 4.98 Å². The van der Waals surface area contributed by atoms with E-state index in [-0.39, 0.29) is 0 Å². The lowest BCUT2D eigenvalue weighted by atomic mass is 10.1. The molecule has 0 unspecified atom stereocenters. The summed E-state index contributed by atoms with van der Waals surface area (Å²) in [4.78, 5) is 12.2. The summed E-state index contributed by atoms with van der Waals surface area (Å²) in [6.45, 7) is 2.00. The number of aromatic amines is 1. The first-order valence-electron chi connectivity index (χ1n) is 6.27. The largest absolute Gasteiger partial charge is 0.343 e. The minimum atomic E-state index is 0.601. The normalized spacial score (nSPS) is 10.7. The second-order valence-electron chi connectivity index (χ2n) is 4.48. The molecule has 0 atom stereocenters. The van der Waals surface area contributed by atoms with Gasteiger partial charge in [0, 0.05) is 17.5 Å². The van der Waals surface area contributed by atoms with Gasteiger partial charge in [0.1, 0.15) is 10.5 Å². The summed E-state index contributed by atoms with van der Waals surface area (Å²) in [5, 5.41) is 3.13. The number of nitrogens with one attached hydrogen (secondary N) is 1. The van der Waals surface area contributed by atoms with Gasteiger partial charge in [0.05, 0.1) is 10.7 Å². The number of rotatable bonds is 3. The van der Waals surface area contributed by atoms with Crippen LogP contribution in [-0.4, -0.2) is 15.0 Å². The number of nitrogens with zero attached hydrogens (tertiary/aromatic N) is 2. The van der Waals surface area contributed by atoms with E-state index in [1.807, 2.05) is 31.2 Å². The van der Waals surface area contributed by atoms with Crippen LogP contribution in [-0.2, 0) is 6.42 Å². The second-order valence-corrected chi connectivity index (χ2v) is 5.96. The van der Waals surface area contributed by atoms with Gasteiger partial charge in [-0.1, -0.05) is 42.5 Å². The third-order valence-corrected chi connectivity index (χ3v) is 3.92. The summed E-state index contributed by atoms with van der Waals surface area (Å²) >= 11 is 6.91. The predicted molar refractivity (Wildman–Crippen MR) is 84.5 cm³/mol. The molecule has 0 aliphatic carbocycles. The minimum Gasteiger partial charge on any atom is -0.343 e. The van der Waals surface area contributed by atoms with Crippen LogP contribution in [0.25, 0.3) is 11.3 Å². The Kier molecular flexibility index (Phi) is 3.71. The van der Waals surface area contributed by atoms with Crippen molar-refractivity contribution >= 4 is 23.6 Å². The van der Waals surface area contributed by atoms with E-state index in [1.165, 1.54) is 0 Å². The minimum absolute atomic E-state index is 0.601. The fraction of sp³-hybridized carbons (Fsp3) is 0.133. The molecule has 0 saturated carbocycles. The number of hydrogen-bond acceptors (Lipinski definition) is 4. The third kappa shape index (κ3) is 3.00. The van der Waals surface area contributed by atoms with E-state index in [0.29, 0.717) is 11.1 Å². The maximum Gasteiger partial charge on any atom is 0.130 e. The molecule has 3 rings (SSSR count). The van der Waals surface area contributed by atoms with Crippen molar-refractivity contribution in [2.24, 2.45) is 0 Å². The number of aromatic nitrogens is 3. The van der Waals surface area contributed by atoms with E-state index in [2.05, 4.69) is 32.5 Å². The van der Waals surface area contributed by atoms with Gasteiger partial charge in [-0.05, 0) is 18.6 Å². The van der Waals surface area contributed by atoms with Gasteiger partial charge in [-0.25, -0.2) is 9.97 Å². The number of aryl methyl sites for hydroxylation is 1. The van der Waals surface area contributed by atoms with E-state index < -0.39 is 0 Å². The quantitative estimate of drug-likeness (QED) is 0.738. The van der Waals surface area contributed by atoms with Crippen LogP contribution in [0.3, 0.4) is 0 Å². The van der Waals surface area contributed by atoms with Crippen molar-refractivity contribution in [2.45, 2.75) is 13.3 Å². The van der Waals surface area contributed by atoms with Gasteiger partial charge in [0.2, 0.25) is 0 Å². The summed E-state index contributed by atoms with van der Waals surface area (Å²) < 4.78 is 0.601. The van der Waals surface area contributed by atoms with Crippen molar-refractivity contribution < 1.29 is 0 Å². The maximum absolute atomic E-state index is 5.26. The highest BCUT2D eigenvalue weighted by Crippen LogP contribution is 2.18. The van der Waals surface area contributed by atoms with Crippen LogP contribution < -0.4 is 0 Å². The zero-order chi connectivity index (χ0) is 13.9. The highest BCUT2D eigenvalue weighted by molar-refractivity contribution is 7.71. The Morgan fingerprint density at radius 2 is 2.00 bits per heavy atom. The standard InChI is InChI=1S/C15H13N3S2/c1-10-16-12(9-20-10)7-14-17-13(8-15(19)18-14)11-5-3-2-4-6-11/h2-6,8-9H,7H2,1H3,(H,17,18,19). The predicted octanol–water partition coefficient (Wildman–Crippen LogP) is 4.16. The topological polar surface area (TPSA) is 41.6 Å². The Morgan fingerprint density at radius 1 is 1.20 bits per heavy atom. The van der Waals surface area contributed by atoms with E-state index in [9.17, 15) is 0 Å². The molecule has 1 aromatic carbocycles. The van der Waals surface area contributed by atoms with Crippen molar-refractivity contribution in [3.63, 3.8) is 0 Å². The van der Waals surface area contributed by atoms with Gasteiger partial charge in [-0.2, -0.15) is 0 Å².